The van der Waals surface area contributed by atoms with Crippen LogP contribution in [-0.2, 0) is 11.3 Å². The lowest BCUT2D eigenvalue weighted by Crippen LogP contribution is -2.23. The molecule has 1 aliphatic carbocycles. The Kier molecular flexibility index (Phi) is 8.55. The number of nitrogens with one attached hydrogen (secondary N) is 1. The first-order valence-corrected chi connectivity index (χ1v) is 12.3. The molecule has 1 amide bonds. The number of alkyl halides is 3. The van der Waals surface area contributed by atoms with Gasteiger partial charge in [-0.3, -0.25) is 18.9 Å². The van der Waals surface area contributed by atoms with Gasteiger partial charge in [-0.15, -0.1) is 0 Å². The maximum absolute atomic E-state index is 13.2. The molecule has 0 aliphatic heterocycles. The third-order valence-electron chi connectivity index (χ3n) is 6.40. The van der Waals surface area contributed by atoms with Gasteiger partial charge in [-0.05, 0) is 37.1 Å². The molecular weight excluding hydrogens is 533 g/mol. The molecule has 1 saturated carbocycles. The lowest BCUT2D eigenvalue weighted by Gasteiger charge is -2.13. The Hall–Kier alpha value is -4.62. The van der Waals surface area contributed by atoms with E-state index < -0.39 is 12.1 Å². The van der Waals surface area contributed by atoms with Crippen molar-refractivity contribution in [3.05, 3.63) is 60.3 Å². The highest BCUT2D eigenvalue weighted by Crippen LogP contribution is 2.33. The Balaban J connectivity index is 0.000000470. The second-order valence-electron chi connectivity index (χ2n) is 8.88. The van der Waals surface area contributed by atoms with Crippen LogP contribution in [0.1, 0.15) is 47.8 Å². The van der Waals surface area contributed by atoms with E-state index in [2.05, 4.69) is 15.4 Å². The quantitative estimate of drug-likeness (QED) is 0.342. The van der Waals surface area contributed by atoms with E-state index in [9.17, 15) is 18.0 Å². The van der Waals surface area contributed by atoms with Crippen LogP contribution >= 0.6 is 0 Å². The molecule has 1 aromatic carbocycles. The maximum Gasteiger partial charge on any atom is 0.490 e. The summed E-state index contributed by atoms with van der Waals surface area (Å²) in [5.74, 6) is -0.996. The number of hydrogen-bond donors (Lipinski definition) is 2. The number of hydrogen-bond acceptors (Lipinski definition) is 7. The van der Waals surface area contributed by atoms with Crippen molar-refractivity contribution in [2.45, 2.75) is 44.4 Å². The molecule has 1 aliphatic rings. The van der Waals surface area contributed by atoms with Gasteiger partial charge in [-0.2, -0.15) is 18.3 Å². The average molecular weight is 561 g/mol. The molecule has 0 radical (unpaired) electrons. The molecule has 0 spiro atoms. The van der Waals surface area contributed by atoms with Gasteiger partial charge >= 0.3 is 12.1 Å². The van der Waals surface area contributed by atoms with E-state index in [4.69, 9.17) is 24.4 Å². The van der Waals surface area contributed by atoms with E-state index in [0.717, 1.165) is 24.1 Å². The Morgan fingerprint density at radius 3 is 2.50 bits per heavy atom. The highest BCUT2D eigenvalue weighted by atomic mass is 19.4. The summed E-state index contributed by atoms with van der Waals surface area (Å²) < 4.78 is 46.4. The summed E-state index contributed by atoms with van der Waals surface area (Å²) in [5.41, 5.74) is 2.67. The van der Waals surface area contributed by atoms with Crippen LogP contribution in [0.3, 0.4) is 0 Å². The van der Waals surface area contributed by atoms with Gasteiger partial charge in [0.05, 0.1) is 32.0 Å². The number of amides is 1. The summed E-state index contributed by atoms with van der Waals surface area (Å²) in [7, 11) is 3.20. The van der Waals surface area contributed by atoms with Gasteiger partial charge in [0.1, 0.15) is 17.2 Å². The monoisotopic (exact) mass is 560 g/mol. The highest BCUT2D eigenvalue weighted by Gasteiger charge is 2.38. The molecule has 4 aromatic rings. The largest absolute Gasteiger partial charge is 0.497 e. The van der Waals surface area contributed by atoms with Crippen molar-refractivity contribution in [1.29, 1.82) is 0 Å². The fourth-order valence-electron chi connectivity index (χ4n) is 4.50. The number of carboxylic acids is 1. The number of rotatable bonds is 7. The number of imidazole rings is 1. The number of halogens is 3. The zero-order valence-electron chi connectivity index (χ0n) is 21.7. The number of fused-ring (bicyclic) bond motifs is 1. The zero-order chi connectivity index (χ0) is 28.9. The number of benzene rings is 1. The lowest BCUT2D eigenvalue weighted by atomic mass is 10.2. The molecule has 40 heavy (non-hydrogen) atoms. The number of nitrogens with zero attached hydrogens (tertiary/aromatic N) is 5. The van der Waals surface area contributed by atoms with E-state index in [1.807, 2.05) is 39.5 Å². The number of aliphatic carboxylic acids is 1. The molecule has 0 bridgehead atoms. The van der Waals surface area contributed by atoms with Gasteiger partial charge in [0, 0.05) is 30.7 Å². The van der Waals surface area contributed by atoms with Crippen LogP contribution < -0.4 is 14.8 Å². The highest BCUT2D eigenvalue weighted by molar-refractivity contribution is 5.99. The van der Waals surface area contributed by atoms with Crippen molar-refractivity contribution in [2.75, 3.05) is 14.2 Å². The average Bonchev–Trinajstić information content (AvgIpc) is 3.71. The number of carbonyl (C=O) groups excluding carboxylic acids is 1. The van der Waals surface area contributed by atoms with Crippen LogP contribution in [0.15, 0.2) is 49.1 Å². The third kappa shape index (κ3) is 6.16. The number of aromatic nitrogens is 5. The van der Waals surface area contributed by atoms with Gasteiger partial charge in [0.2, 0.25) is 0 Å². The van der Waals surface area contributed by atoms with E-state index in [1.54, 1.807) is 32.8 Å². The Morgan fingerprint density at radius 1 is 1.12 bits per heavy atom. The van der Waals surface area contributed by atoms with Crippen LogP contribution in [-0.4, -0.2) is 61.5 Å². The van der Waals surface area contributed by atoms with Gasteiger partial charge in [-0.25, -0.2) is 9.78 Å². The summed E-state index contributed by atoms with van der Waals surface area (Å²) in [6, 6.07) is 7.80. The predicted molar refractivity (Wildman–Crippen MR) is 136 cm³/mol. The minimum atomic E-state index is -5.08. The van der Waals surface area contributed by atoms with Crippen LogP contribution in [0.5, 0.6) is 11.5 Å². The number of ether oxygens (including phenoxy) is 2. The molecule has 0 saturated heterocycles. The third-order valence-corrected chi connectivity index (χ3v) is 6.40. The van der Waals surface area contributed by atoms with Crippen LogP contribution in [0, 0.1) is 0 Å². The number of methoxy groups -OCH3 is 2. The van der Waals surface area contributed by atoms with Gasteiger partial charge in [-0.1, -0.05) is 12.8 Å². The van der Waals surface area contributed by atoms with Gasteiger partial charge in [0.25, 0.3) is 5.91 Å². The topological polar surface area (TPSA) is 133 Å². The Morgan fingerprint density at radius 2 is 1.85 bits per heavy atom. The SMILES string of the molecule is COc1ccc(OC)c(CNC(=O)c2nc(-c3ccnn3C3CCCC3)n3ccncc23)c1.O=C(O)C(F)(F)F. The lowest BCUT2D eigenvalue weighted by molar-refractivity contribution is -0.192. The van der Waals surface area contributed by atoms with Gasteiger partial charge in [0.15, 0.2) is 11.5 Å². The predicted octanol–water partition coefficient (Wildman–Crippen LogP) is 4.29. The second kappa shape index (κ2) is 12.1. The smallest absolute Gasteiger partial charge is 0.490 e. The summed E-state index contributed by atoms with van der Waals surface area (Å²) in [6.45, 7) is 0.272. The van der Waals surface area contributed by atoms with E-state index >= 15 is 0 Å². The molecule has 1 fully saturated rings. The maximum atomic E-state index is 13.2. The Labute approximate surface area is 226 Å². The van der Waals surface area contributed by atoms with E-state index in [-0.39, 0.29) is 12.5 Å². The molecule has 0 unspecified atom stereocenters. The molecule has 2 N–H and O–H groups in total. The minimum Gasteiger partial charge on any atom is -0.497 e. The van der Waals surface area contributed by atoms with Gasteiger partial charge < -0.3 is 19.9 Å². The molecule has 0 atom stereocenters. The van der Waals surface area contributed by atoms with Crippen molar-refractivity contribution in [3.63, 3.8) is 0 Å². The molecule has 3 heterocycles. The molecule has 212 valence electrons. The second-order valence-corrected chi connectivity index (χ2v) is 8.88. The molecule has 11 nitrogen and oxygen atoms in total. The Bertz CT molecular complexity index is 1490. The van der Waals surface area contributed by atoms with E-state index in [0.29, 0.717) is 34.6 Å². The molecule has 14 heteroatoms. The van der Waals surface area contributed by atoms with Crippen molar-refractivity contribution in [3.8, 4) is 23.0 Å². The summed E-state index contributed by atoms with van der Waals surface area (Å²) >= 11 is 0. The van der Waals surface area contributed by atoms with Crippen LogP contribution in [0.2, 0.25) is 0 Å². The number of carboxylic acid groups (broad SMARTS) is 1. The molecular formula is C26H27F3N6O5. The summed E-state index contributed by atoms with van der Waals surface area (Å²) in [6.07, 6.45) is 6.51. The van der Waals surface area contributed by atoms with Crippen LogP contribution in [0.25, 0.3) is 17.0 Å². The standard InChI is InChI=1S/C24H26N6O3.C2HF3O2/c1-32-18-7-8-21(33-2)16(13-18)14-26-24(31)22-20-15-25-11-12-29(20)23(28-22)19-9-10-27-30(19)17-5-3-4-6-17;3-2(4,5)1(6)7/h7-13,15,17H,3-6,14H2,1-2H3,(H,26,31);(H,6,7). The van der Waals surface area contributed by atoms with Crippen molar-refractivity contribution >= 4 is 17.4 Å². The normalized spacial score (nSPS) is 13.5. The minimum absolute atomic E-state index is 0.272. The fourth-order valence-corrected chi connectivity index (χ4v) is 4.50. The fraction of sp³-hybridized carbons (Fsp3) is 0.346. The van der Waals surface area contributed by atoms with Crippen LogP contribution in [0.4, 0.5) is 13.2 Å². The first-order valence-electron chi connectivity index (χ1n) is 12.3. The number of carbonyl (C=O) groups is 2. The first-order chi connectivity index (χ1) is 19.1. The summed E-state index contributed by atoms with van der Waals surface area (Å²) in [4.78, 5) is 31.1. The summed E-state index contributed by atoms with van der Waals surface area (Å²) in [5, 5.41) is 14.7. The zero-order valence-corrected chi connectivity index (χ0v) is 21.7. The molecule has 5 rings (SSSR count). The van der Waals surface area contributed by atoms with Crippen molar-refractivity contribution < 1.29 is 37.3 Å². The first kappa shape index (κ1) is 28.4. The van der Waals surface area contributed by atoms with Crippen molar-refractivity contribution in [1.82, 2.24) is 29.5 Å². The molecule has 3 aromatic heterocycles. The van der Waals surface area contributed by atoms with E-state index in [1.165, 1.54) is 12.8 Å². The van der Waals surface area contributed by atoms with Crippen molar-refractivity contribution in [2.24, 2.45) is 0 Å².